The molecule has 0 fully saturated rings. The summed E-state index contributed by atoms with van der Waals surface area (Å²) in [6.45, 7) is 0.569. The van der Waals surface area contributed by atoms with Crippen LogP contribution in [0.5, 0.6) is 0 Å². The van der Waals surface area contributed by atoms with E-state index in [1.807, 2.05) is 12.1 Å². The number of halogens is 3. The molecule has 0 atom stereocenters. The number of unbranched alkanes of at least 4 members (excludes halogenated alkanes) is 4. The Balaban J connectivity index is 0.00000363. The Morgan fingerprint density at radius 1 is 0.875 bits per heavy atom. The minimum Gasteiger partial charge on any atom is -0.481 e. The van der Waals surface area contributed by atoms with Crippen LogP contribution in [0.25, 0.3) is 11.0 Å². The molecule has 0 aliphatic rings. The third kappa shape index (κ3) is 6.73. The number of carboxylic acids is 1. The van der Waals surface area contributed by atoms with Crippen molar-refractivity contribution in [2.24, 2.45) is 0 Å². The number of hydrogen-bond acceptors (Lipinski definition) is 2. The van der Waals surface area contributed by atoms with Gasteiger partial charge in [0.1, 0.15) is 0 Å². The number of nitrogens with zero attached hydrogens (tertiary/aromatic N) is 2. The summed E-state index contributed by atoms with van der Waals surface area (Å²) < 4.78 is 42.3. The molecule has 1 heterocycles. The number of hydrogen-bond donors (Lipinski definition) is 1. The van der Waals surface area contributed by atoms with Crippen molar-refractivity contribution in [3.05, 3.63) is 70.1 Å². The van der Waals surface area contributed by atoms with Crippen LogP contribution >= 0.6 is 0 Å². The van der Waals surface area contributed by atoms with Gasteiger partial charge in [0.2, 0.25) is 0 Å². The van der Waals surface area contributed by atoms with E-state index in [0.717, 1.165) is 43.3 Å². The Hall–Kier alpha value is -2.03. The summed E-state index contributed by atoms with van der Waals surface area (Å²) in [4.78, 5) is 23.6. The molecule has 0 amide bonds. The SMILES string of the molecule is O=C(O)CCCCCCCn1c(=O)n(Cc2cccc(C(F)(F)F)c2)c2ccccc21.[Na]. The molecule has 0 spiro atoms. The number of aliphatic carboxylic acids is 1. The molecule has 1 N–H and O–H groups in total. The van der Waals surface area contributed by atoms with E-state index in [1.165, 1.54) is 10.6 Å². The zero-order valence-corrected chi connectivity index (χ0v) is 20.1. The van der Waals surface area contributed by atoms with Crippen LogP contribution in [-0.4, -0.2) is 49.8 Å². The maximum absolute atomic E-state index is 13.1. The average molecular weight is 457 g/mol. The summed E-state index contributed by atoms with van der Waals surface area (Å²) in [7, 11) is 0. The van der Waals surface area contributed by atoms with E-state index in [-0.39, 0.29) is 48.2 Å². The summed E-state index contributed by atoms with van der Waals surface area (Å²) in [5, 5.41) is 8.66. The summed E-state index contributed by atoms with van der Waals surface area (Å²) in [6.07, 6.45) is -0.249. The van der Waals surface area contributed by atoms with Crippen molar-refractivity contribution in [3.8, 4) is 0 Å². The van der Waals surface area contributed by atoms with Crippen LogP contribution < -0.4 is 5.69 Å². The fraction of sp³-hybridized carbons (Fsp3) is 0.391. The summed E-state index contributed by atoms with van der Waals surface area (Å²) in [5.74, 6) is -0.792. The third-order valence-corrected chi connectivity index (χ3v) is 5.29. The molecule has 32 heavy (non-hydrogen) atoms. The quantitative estimate of drug-likeness (QED) is 0.347. The van der Waals surface area contributed by atoms with Gasteiger partial charge < -0.3 is 5.11 Å². The van der Waals surface area contributed by atoms with Crippen LogP contribution in [0.1, 0.15) is 49.7 Å². The van der Waals surface area contributed by atoms with Crippen LogP contribution in [0.4, 0.5) is 13.2 Å². The fourth-order valence-electron chi connectivity index (χ4n) is 3.75. The van der Waals surface area contributed by atoms with E-state index in [0.29, 0.717) is 24.0 Å². The molecule has 0 saturated carbocycles. The van der Waals surface area contributed by atoms with Gasteiger partial charge in [0.05, 0.1) is 23.1 Å². The minimum absolute atomic E-state index is 0. The van der Waals surface area contributed by atoms with Gasteiger partial charge in [-0.15, -0.1) is 0 Å². The number of carbonyl (C=O) groups is 1. The number of aryl methyl sites for hydroxylation is 1. The second kappa shape index (κ2) is 11.7. The van der Waals surface area contributed by atoms with Crippen LogP contribution in [0, 0.1) is 0 Å². The Kier molecular flexibility index (Phi) is 9.61. The predicted octanol–water partition coefficient (Wildman–Crippen LogP) is 4.91. The first-order chi connectivity index (χ1) is 14.8. The van der Waals surface area contributed by atoms with Crippen molar-refractivity contribution in [3.63, 3.8) is 0 Å². The molecule has 9 heteroatoms. The monoisotopic (exact) mass is 457 g/mol. The first-order valence-corrected chi connectivity index (χ1v) is 10.3. The summed E-state index contributed by atoms with van der Waals surface area (Å²) in [6, 6.07) is 12.3. The van der Waals surface area contributed by atoms with Gasteiger partial charge in [0.25, 0.3) is 0 Å². The Morgan fingerprint density at radius 3 is 2.16 bits per heavy atom. The van der Waals surface area contributed by atoms with Gasteiger partial charge in [-0.1, -0.05) is 43.5 Å². The van der Waals surface area contributed by atoms with E-state index >= 15 is 0 Å². The number of aromatic nitrogens is 2. The minimum atomic E-state index is -4.43. The van der Waals surface area contributed by atoms with Gasteiger partial charge in [0.15, 0.2) is 0 Å². The largest absolute Gasteiger partial charge is 0.481 e. The van der Waals surface area contributed by atoms with Crippen molar-refractivity contribution in [1.82, 2.24) is 9.13 Å². The van der Waals surface area contributed by atoms with Crippen LogP contribution in [0.2, 0.25) is 0 Å². The third-order valence-electron chi connectivity index (χ3n) is 5.29. The number of rotatable bonds is 10. The van der Waals surface area contributed by atoms with Crippen molar-refractivity contribution in [2.75, 3.05) is 0 Å². The molecular formula is C23H25F3N2NaO3. The number of alkyl halides is 3. The zero-order valence-electron chi connectivity index (χ0n) is 18.1. The molecular weight excluding hydrogens is 432 g/mol. The Labute approximate surface area is 206 Å². The molecule has 3 rings (SSSR count). The van der Waals surface area contributed by atoms with Gasteiger partial charge in [-0.25, -0.2) is 4.79 Å². The van der Waals surface area contributed by atoms with Crippen LogP contribution in [-0.2, 0) is 24.1 Å². The van der Waals surface area contributed by atoms with E-state index < -0.39 is 17.7 Å². The first kappa shape index (κ1) is 26.2. The van der Waals surface area contributed by atoms with Gasteiger partial charge in [0, 0.05) is 42.5 Å². The predicted molar refractivity (Wildman–Crippen MR) is 118 cm³/mol. The maximum Gasteiger partial charge on any atom is 0.416 e. The Bertz CT molecular complexity index is 1110. The molecule has 0 aliphatic carbocycles. The smallest absolute Gasteiger partial charge is 0.416 e. The number of fused-ring (bicyclic) bond motifs is 1. The molecule has 0 bridgehead atoms. The average Bonchev–Trinajstić information content (AvgIpc) is 2.98. The second-order valence-electron chi connectivity index (χ2n) is 7.62. The second-order valence-corrected chi connectivity index (χ2v) is 7.62. The van der Waals surface area contributed by atoms with E-state index in [2.05, 4.69) is 0 Å². The van der Waals surface area contributed by atoms with Crippen LogP contribution in [0.15, 0.2) is 53.3 Å². The van der Waals surface area contributed by atoms with Crippen molar-refractivity contribution in [2.45, 2.75) is 57.8 Å². The van der Waals surface area contributed by atoms with Crippen molar-refractivity contribution < 1.29 is 23.1 Å². The van der Waals surface area contributed by atoms with Gasteiger partial charge in [-0.3, -0.25) is 13.9 Å². The van der Waals surface area contributed by atoms with Crippen molar-refractivity contribution in [1.29, 1.82) is 0 Å². The van der Waals surface area contributed by atoms with E-state index in [4.69, 9.17) is 5.11 Å². The maximum atomic E-state index is 13.1. The molecule has 2 aromatic carbocycles. The topological polar surface area (TPSA) is 64.2 Å². The van der Waals surface area contributed by atoms with Crippen molar-refractivity contribution >= 4 is 46.6 Å². The first-order valence-electron chi connectivity index (χ1n) is 10.3. The fourth-order valence-corrected chi connectivity index (χ4v) is 3.75. The molecule has 0 unspecified atom stereocenters. The van der Waals surface area contributed by atoms with Crippen LogP contribution in [0.3, 0.4) is 0 Å². The molecule has 1 radical (unpaired) electrons. The summed E-state index contributed by atoms with van der Waals surface area (Å²) >= 11 is 0. The molecule has 0 aliphatic heterocycles. The van der Waals surface area contributed by atoms with E-state index in [1.54, 1.807) is 22.8 Å². The van der Waals surface area contributed by atoms with E-state index in [9.17, 15) is 22.8 Å². The molecule has 3 aromatic rings. The Morgan fingerprint density at radius 2 is 1.50 bits per heavy atom. The number of benzene rings is 2. The molecule has 1 aromatic heterocycles. The van der Waals surface area contributed by atoms with Gasteiger partial charge in [-0.05, 0) is 42.7 Å². The molecule has 5 nitrogen and oxygen atoms in total. The standard InChI is InChI=1S/C23H25F3N2O3.Na/c24-23(25,26)18-10-8-9-17(15-18)16-28-20-12-6-5-11-19(20)27(22(28)31)14-7-3-1-2-4-13-21(29)30;/h5-6,8-12,15H,1-4,7,13-14,16H2,(H,29,30);. The summed E-state index contributed by atoms with van der Waals surface area (Å²) in [5.41, 5.74) is 0.879. The van der Waals surface area contributed by atoms with Gasteiger partial charge >= 0.3 is 17.8 Å². The normalized spacial score (nSPS) is 11.5. The number of para-hydroxylation sites is 2. The number of imidazole rings is 1. The zero-order chi connectivity index (χ0) is 22.4. The molecule has 167 valence electrons. The number of carboxylic acid groups (broad SMARTS) is 1. The van der Waals surface area contributed by atoms with Gasteiger partial charge in [-0.2, -0.15) is 13.2 Å². The molecule has 0 saturated heterocycles.